The van der Waals surface area contributed by atoms with E-state index in [1.807, 2.05) is 85.8 Å². The fourth-order valence-corrected chi connectivity index (χ4v) is 2.52. The van der Waals surface area contributed by atoms with Crippen LogP contribution >= 0.6 is 0 Å². The normalized spacial score (nSPS) is 10.2. The van der Waals surface area contributed by atoms with Gasteiger partial charge in [-0.1, -0.05) is 54.1 Å². The highest BCUT2D eigenvalue weighted by Crippen LogP contribution is 2.19. The summed E-state index contributed by atoms with van der Waals surface area (Å²) in [6, 6.07) is 25.4. The van der Waals surface area contributed by atoms with Gasteiger partial charge in [-0.05, 0) is 37.3 Å². The van der Waals surface area contributed by atoms with Crippen LogP contribution in [0.3, 0.4) is 0 Å². The van der Waals surface area contributed by atoms with E-state index in [1.165, 1.54) is 0 Å². The standard InChI is InChI=1S/C22H22N2O2/c1-17-11-13-20(14-12-17)24-22(25)16-26-21-10-6-5-7-18(21)15-23-19-8-3-2-4-9-19/h2-14,23H,15-16H2,1H3,(H,24,25). The second kappa shape index (κ2) is 8.72. The lowest BCUT2D eigenvalue weighted by atomic mass is 10.2. The van der Waals surface area contributed by atoms with Crippen LogP contribution in [0.4, 0.5) is 11.4 Å². The quantitative estimate of drug-likeness (QED) is 0.656. The van der Waals surface area contributed by atoms with Gasteiger partial charge in [0.15, 0.2) is 6.61 Å². The van der Waals surface area contributed by atoms with Gasteiger partial charge in [0.1, 0.15) is 5.75 Å². The predicted molar refractivity (Wildman–Crippen MR) is 106 cm³/mol. The molecule has 0 aliphatic heterocycles. The van der Waals surface area contributed by atoms with Gasteiger partial charge in [0.05, 0.1) is 0 Å². The molecule has 0 atom stereocenters. The molecule has 3 rings (SSSR count). The van der Waals surface area contributed by atoms with Crippen LogP contribution in [-0.4, -0.2) is 12.5 Å². The van der Waals surface area contributed by atoms with Crippen LogP contribution in [-0.2, 0) is 11.3 Å². The summed E-state index contributed by atoms with van der Waals surface area (Å²) in [6.45, 7) is 2.60. The number of benzene rings is 3. The number of carbonyl (C=O) groups excluding carboxylic acids is 1. The Balaban J connectivity index is 1.56. The van der Waals surface area contributed by atoms with Crippen molar-refractivity contribution in [1.29, 1.82) is 0 Å². The molecule has 0 bridgehead atoms. The minimum absolute atomic E-state index is 0.0315. The lowest BCUT2D eigenvalue weighted by molar-refractivity contribution is -0.118. The number of amides is 1. The second-order valence-electron chi connectivity index (χ2n) is 6.03. The van der Waals surface area contributed by atoms with Gasteiger partial charge in [-0.3, -0.25) is 4.79 Å². The van der Waals surface area contributed by atoms with Crippen LogP contribution in [0.15, 0.2) is 78.9 Å². The van der Waals surface area contributed by atoms with Gasteiger partial charge >= 0.3 is 0 Å². The number of ether oxygens (including phenoxy) is 1. The molecule has 4 heteroatoms. The zero-order valence-electron chi connectivity index (χ0n) is 14.7. The van der Waals surface area contributed by atoms with Crippen molar-refractivity contribution >= 4 is 17.3 Å². The lowest BCUT2D eigenvalue weighted by Gasteiger charge is -2.13. The molecule has 26 heavy (non-hydrogen) atoms. The minimum atomic E-state index is -0.181. The van der Waals surface area contributed by atoms with E-state index in [0.717, 1.165) is 22.5 Å². The third-order valence-electron chi connectivity index (χ3n) is 3.92. The molecule has 0 spiro atoms. The van der Waals surface area contributed by atoms with Crippen molar-refractivity contribution in [2.45, 2.75) is 13.5 Å². The molecule has 4 nitrogen and oxygen atoms in total. The highest BCUT2D eigenvalue weighted by molar-refractivity contribution is 5.91. The van der Waals surface area contributed by atoms with E-state index in [-0.39, 0.29) is 12.5 Å². The molecule has 0 saturated carbocycles. The molecule has 2 N–H and O–H groups in total. The number of rotatable bonds is 7. The summed E-state index contributed by atoms with van der Waals surface area (Å²) in [4.78, 5) is 12.1. The first-order valence-corrected chi connectivity index (χ1v) is 8.57. The Hall–Kier alpha value is -3.27. The molecule has 1 amide bonds. The minimum Gasteiger partial charge on any atom is -0.483 e. The monoisotopic (exact) mass is 346 g/mol. The summed E-state index contributed by atoms with van der Waals surface area (Å²) in [6.07, 6.45) is 0. The van der Waals surface area contributed by atoms with Crippen molar-refractivity contribution in [2.75, 3.05) is 17.2 Å². The zero-order chi connectivity index (χ0) is 18.2. The van der Waals surface area contributed by atoms with Crippen molar-refractivity contribution in [1.82, 2.24) is 0 Å². The maximum absolute atomic E-state index is 12.1. The van der Waals surface area contributed by atoms with Crippen LogP contribution in [0.25, 0.3) is 0 Å². The summed E-state index contributed by atoms with van der Waals surface area (Å²) in [5.41, 5.74) is 3.96. The summed E-state index contributed by atoms with van der Waals surface area (Å²) >= 11 is 0. The van der Waals surface area contributed by atoms with E-state index in [4.69, 9.17) is 4.74 Å². The van der Waals surface area contributed by atoms with Crippen molar-refractivity contribution in [3.8, 4) is 5.75 Å². The van der Waals surface area contributed by atoms with Gasteiger partial charge in [0.25, 0.3) is 5.91 Å². The number of para-hydroxylation sites is 2. The molecule has 0 aliphatic rings. The van der Waals surface area contributed by atoms with Crippen LogP contribution in [0.2, 0.25) is 0 Å². The first-order valence-electron chi connectivity index (χ1n) is 8.57. The first kappa shape index (κ1) is 17.5. The van der Waals surface area contributed by atoms with Crippen molar-refractivity contribution in [3.63, 3.8) is 0 Å². The summed E-state index contributed by atoms with van der Waals surface area (Å²) < 4.78 is 5.73. The van der Waals surface area contributed by atoms with Gasteiger partial charge in [0, 0.05) is 23.5 Å². The Kier molecular flexibility index (Phi) is 5.88. The number of anilines is 2. The number of hydrogen-bond acceptors (Lipinski definition) is 3. The maximum atomic E-state index is 12.1. The molecular formula is C22H22N2O2. The number of hydrogen-bond donors (Lipinski definition) is 2. The van der Waals surface area contributed by atoms with E-state index in [0.29, 0.717) is 12.3 Å². The molecule has 0 aliphatic carbocycles. The highest BCUT2D eigenvalue weighted by Gasteiger charge is 2.07. The van der Waals surface area contributed by atoms with Crippen LogP contribution in [0, 0.1) is 6.92 Å². The van der Waals surface area contributed by atoms with Crippen LogP contribution in [0.5, 0.6) is 5.75 Å². The van der Waals surface area contributed by atoms with E-state index >= 15 is 0 Å². The predicted octanol–water partition coefficient (Wildman–Crippen LogP) is 4.62. The molecular weight excluding hydrogens is 324 g/mol. The maximum Gasteiger partial charge on any atom is 0.262 e. The Labute approximate surface area is 153 Å². The first-order chi connectivity index (χ1) is 12.7. The van der Waals surface area contributed by atoms with Gasteiger partial charge in [0.2, 0.25) is 0 Å². The van der Waals surface area contributed by atoms with Gasteiger partial charge in [-0.2, -0.15) is 0 Å². The Morgan fingerprint density at radius 3 is 2.31 bits per heavy atom. The number of carbonyl (C=O) groups is 1. The molecule has 132 valence electrons. The topological polar surface area (TPSA) is 50.4 Å². The smallest absolute Gasteiger partial charge is 0.262 e. The summed E-state index contributed by atoms with van der Waals surface area (Å²) in [7, 11) is 0. The largest absolute Gasteiger partial charge is 0.483 e. The molecule has 0 radical (unpaired) electrons. The Morgan fingerprint density at radius 2 is 1.54 bits per heavy atom. The molecule has 0 fully saturated rings. The van der Waals surface area contributed by atoms with Crippen molar-refractivity contribution < 1.29 is 9.53 Å². The fourth-order valence-electron chi connectivity index (χ4n) is 2.52. The van der Waals surface area contributed by atoms with E-state index in [2.05, 4.69) is 10.6 Å². The summed E-state index contributed by atoms with van der Waals surface area (Å²) in [5.74, 6) is 0.523. The fraction of sp³-hybridized carbons (Fsp3) is 0.136. The molecule has 0 saturated heterocycles. The van der Waals surface area contributed by atoms with Crippen molar-refractivity contribution in [3.05, 3.63) is 90.0 Å². The van der Waals surface area contributed by atoms with E-state index in [1.54, 1.807) is 0 Å². The molecule has 0 unspecified atom stereocenters. The average Bonchev–Trinajstić information content (AvgIpc) is 2.68. The van der Waals surface area contributed by atoms with Gasteiger partial charge in [-0.15, -0.1) is 0 Å². The van der Waals surface area contributed by atoms with Gasteiger partial charge in [-0.25, -0.2) is 0 Å². The lowest BCUT2D eigenvalue weighted by Crippen LogP contribution is -2.20. The third kappa shape index (κ3) is 5.11. The third-order valence-corrected chi connectivity index (χ3v) is 3.92. The zero-order valence-corrected chi connectivity index (χ0v) is 14.7. The van der Waals surface area contributed by atoms with Crippen LogP contribution < -0.4 is 15.4 Å². The molecule has 3 aromatic carbocycles. The van der Waals surface area contributed by atoms with Crippen molar-refractivity contribution in [2.24, 2.45) is 0 Å². The SMILES string of the molecule is Cc1ccc(NC(=O)COc2ccccc2CNc2ccccc2)cc1. The van der Waals surface area contributed by atoms with E-state index < -0.39 is 0 Å². The molecule has 0 aromatic heterocycles. The Bertz CT molecular complexity index is 846. The van der Waals surface area contributed by atoms with Gasteiger partial charge < -0.3 is 15.4 Å². The number of nitrogens with one attached hydrogen (secondary N) is 2. The summed E-state index contributed by atoms with van der Waals surface area (Å²) in [5, 5.41) is 6.19. The second-order valence-corrected chi connectivity index (χ2v) is 6.03. The molecule has 3 aromatic rings. The van der Waals surface area contributed by atoms with E-state index in [9.17, 15) is 4.79 Å². The Morgan fingerprint density at radius 1 is 0.846 bits per heavy atom. The van der Waals surface area contributed by atoms with Crippen LogP contribution in [0.1, 0.15) is 11.1 Å². The molecule has 0 heterocycles. The number of aryl methyl sites for hydroxylation is 1. The highest BCUT2D eigenvalue weighted by atomic mass is 16.5. The average molecular weight is 346 g/mol.